The highest BCUT2D eigenvalue weighted by atomic mass is 16.5. The van der Waals surface area contributed by atoms with Crippen LogP contribution in [0.5, 0.6) is 5.75 Å². The fraction of sp³-hybridized carbons (Fsp3) is 0.435. The van der Waals surface area contributed by atoms with Crippen LogP contribution >= 0.6 is 0 Å². The van der Waals surface area contributed by atoms with Crippen molar-refractivity contribution in [2.45, 2.75) is 25.9 Å². The normalized spacial score (nSPS) is 18.5. The zero-order valence-corrected chi connectivity index (χ0v) is 16.9. The van der Waals surface area contributed by atoms with E-state index in [1.165, 1.54) is 16.0 Å². The average molecular weight is 381 g/mol. The first-order chi connectivity index (χ1) is 13.7. The molecule has 28 heavy (non-hydrogen) atoms. The van der Waals surface area contributed by atoms with Gasteiger partial charge in [0.2, 0.25) is 0 Å². The lowest BCUT2D eigenvalue weighted by atomic mass is 9.99. The monoisotopic (exact) mass is 380 g/mol. The molecule has 2 heterocycles. The molecular formula is C23H30N3O2+. The van der Waals surface area contributed by atoms with Crippen molar-refractivity contribution in [3.05, 3.63) is 59.7 Å². The minimum absolute atomic E-state index is 0.00470. The number of carbonyl (C=O) groups excluding carboxylic acids is 1. The van der Waals surface area contributed by atoms with E-state index < -0.39 is 0 Å². The van der Waals surface area contributed by atoms with Crippen molar-refractivity contribution in [3.63, 3.8) is 0 Å². The Hall–Kier alpha value is -2.53. The minimum Gasteiger partial charge on any atom is -0.495 e. The Balaban J connectivity index is 1.36. The number of amides is 1. The Morgan fingerprint density at radius 3 is 2.43 bits per heavy atom. The van der Waals surface area contributed by atoms with Crippen LogP contribution in [-0.4, -0.2) is 56.7 Å². The van der Waals surface area contributed by atoms with Gasteiger partial charge in [0.25, 0.3) is 5.91 Å². The number of hydrogen-bond donors (Lipinski definition) is 1. The second-order valence-electron chi connectivity index (χ2n) is 7.82. The number of carbonyl (C=O) groups is 1. The number of para-hydroxylation sites is 2. The predicted octanol–water partition coefficient (Wildman–Crippen LogP) is 1.37. The third kappa shape index (κ3) is 3.72. The second-order valence-corrected chi connectivity index (χ2v) is 7.82. The number of rotatable bonds is 4. The Bertz CT molecular complexity index is 830. The summed E-state index contributed by atoms with van der Waals surface area (Å²) < 4.78 is 5.51. The molecule has 5 nitrogen and oxygen atoms in total. The molecule has 2 aromatic carbocycles. The van der Waals surface area contributed by atoms with Crippen molar-refractivity contribution >= 4 is 11.6 Å². The number of methoxy groups -OCH3 is 1. The minimum atomic E-state index is 0.00470. The van der Waals surface area contributed by atoms with Gasteiger partial charge in [-0.25, -0.2) is 0 Å². The lowest BCUT2D eigenvalue weighted by molar-refractivity contribution is -0.915. The lowest BCUT2D eigenvalue weighted by Gasteiger charge is -2.38. The fourth-order valence-corrected chi connectivity index (χ4v) is 4.49. The number of benzene rings is 2. The molecule has 148 valence electrons. The van der Waals surface area contributed by atoms with Crippen LogP contribution in [0, 0.1) is 0 Å². The SMILES string of the molecule is COc1ccccc1N1CC[NH+]([C@H](C)C(=O)N2CCc3ccccc3C2)CC1. The summed E-state index contributed by atoms with van der Waals surface area (Å²) in [5.74, 6) is 1.21. The van der Waals surface area contributed by atoms with E-state index >= 15 is 0 Å². The molecule has 0 unspecified atom stereocenters. The van der Waals surface area contributed by atoms with Gasteiger partial charge in [0.1, 0.15) is 5.75 Å². The molecule has 4 rings (SSSR count). The highest BCUT2D eigenvalue weighted by Gasteiger charge is 2.33. The van der Waals surface area contributed by atoms with Crippen LogP contribution in [0.4, 0.5) is 5.69 Å². The van der Waals surface area contributed by atoms with Crippen LogP contribution in [0.15, 0.2) is 48.5 Å². The molecule has 2 aliphatic heterocycles. The van der Waals surface area contributed by atoms with E-state index in [1.54, 1.807) is 7.11 Å². The summed E-state index contributed by atoms with van der Waals surface area (Å²) in [4.78, 5) is 18.9. The second kappa shape index (κ2) is 8.23. The van der Waals surface area contributed by atoms with Gasteiger partial charge in [-0.3, -0.25) is 4.79 Å². The van der Waals surface area contributed by atoms with Crippen LogP contribution in [0.25, 0.3) is 0 Å². The van der Waals surface area contributed by atoms with E-state index in [-0.39, 0.29) is 11.9 Å². The Kier molecular flexibility index (Phi) is 5.53. The van der Waals surface area contributed by atoms with Gasteiger partial charge in [-0.15, -0.1) is 0 Å². The summed E-state index contributed by atoms with van der Waals surface area (Å²) in [5.41, 5.74) is 3.83. The molecule has 5 heteroatoms. The van der Waals surface area contributed by atoms with Crippen molar-refractivity contribution in [2.75, 3.05) is 44.7 Å². The summed E-state index contributed by atoms with van der Waals surface area (Å²) in [6, 6.07) is 16.7. The third-order valence-corrected chi connectivity index (χ3v) is 6.26. The molecule has 2 aliphatic rings. The lowest BCUT2D eigenvalue weighted by Crippen LogP contribution is -3.19. The Morgan fingerprint density at radius 2 is 1.68 bits per heavy atom. The van der Waals surface area contributed by atoms with E-state index in [4.69, 9.17) is 4.74 Å². The summed E-state index contributed by atoms with van der Waals surface area (Å²) >= 11 is 0. The van der Waals surface area contributed by atoms with Gasteiger partial charge >= 0.3 is 0 Å². The molecule has 0 bridgehead atoms. The standard InChI is InChI=1S/C23H29N3O2/c1-18(23(27)26-12-11-19-7-3-4-8-20(19)17-26)24-13-15-25(16-14-24)21-9-5-6-10-22(21)28-2/h3-10,18H,11-17H2,1-2H3/p+1/t18-/m1/s1. The van der Waals surface area contributed by atoms with E-state index in [9.17, 15) is 4.79 Å². The van der Waals surface area contributed by atoms with Crippen LogP contribution in [0.3, 0.4) is 0 Å². The van der Waals surface area contributed by atoms with Gasteiger partial charge in [-0.05, 0) is 36.6 Å². The first kappa shape index (κ1) is 18.8. The molecule has 1 atom stereocenters. The largest absolute Gasteiger partial charge is 0.495 e. The maximum Gasteiger partial charge on any atom is 0.280 e. The highest BCUT2D eigenvalue weighted by molar-refractivity contribution is 5.80. The summed E-state index contributed by atoms with van der Waals surface area (Å²) in [5, 5.41) is 0. The number of ether oxygens (including phenoxy) is 1. The summed E-state index contributed by atoms with van der Waals surface area (Å²) in [6.45, 7) is 7.49. The molecule has 0 spiro atoms. The summed E-state index contributed by atoms with van der Waals surface area (Å²) in [7, 11) is 1.72. The Labute approximate surface area is 167 Å². The molecule has 2 aromatic rings. The van der Waals surface area contributed by atoms with Crippen LogP contribution in [0.2, 0.25) is 0 Å². The van der Waals surface area contributed by atoms with E-state index in [1.807, 2.05) is 17.0 Å². The van der Waals surface area contributed by atoms with Gasteiger partial charge in [0, 0.05) is 13.1 Å². The maximum absolute atomic E-state index is 13.1. The molecule has 0 saturated carbocycles. The number of nitrogens with zero attached hydrogens (tertiary/aromatic N) is 2. The number of fused-ring (bicyclic) bond motifs is 1. The zero-order valence-electron chi connectivity index (χ0n) is 16.9. The third-order valence-electron chi connectivity index (χ3n) is 6.26. The van der Waals surface area contributed by atoms with Gasteiger partial charge in [-0.2, -0.15) is 0 Å². The molecule has 0 aliphatic carbocycles. The zero-order chi connectivity index (χ0) is 19.5. The number of quaternary nitrogens is 1. The number of nitrogens with one attached hydrogen (secondary N) is 1. The quantitative estimate of drug-likeness (QED) is 0.871. The molecule has 1 amide bonds. The van der Waals surface area contributed by atoms with Gasteiger partial charge in [0.15, 0.2) is 6.04 Å². The average Bonchev–Trinajstić information content (AvgIpc) is 2.77. The van der Waals surface area contributed by atoms with Crippen LogP contribution in [-0.2, 0) is 17.8 Å². The van der Waals surface area contributed by atoms with Gasteiger partial charge in [-0.1, -0.05) is 36.4 Å². The van der Waals surface area contributed by atoms with Gasteiger partial charge < -0.3 is 19.4 Å². The molecular weight excluding hydrogens is 350 g/mol. The predicted molar refractivity (Wildman–Crippen MR) is 111 cm³/mol. The van der Waals surface area contributed by atoms with E-state index in [0.717, 1.165) is 57.1 Å². The molecule has 0 aromatic heterocycles. The van der Waals surface area contributed by atoms with Crippen molar-refractivity contribution < 1.29 is 14.4 Å². The number of anilines is 1. The maximum atomic E-state index is 13.1. The fourth-order valence-electron chi connectivity index (χ4n) is 4.49. The first-order valence-electron chi connectivity index (χ1n) is 10.3. The number of piperazine rings is 1. The van der Waals surface area contributed by atoms with Crippen LogP contribution in [0.1, 0.15) is 18.1 Å². The van der Waals surface area contributed by atoms with E-state index in [2.05, 4.69) is 48.2 Å². The van der Waals surface area contributed by atoms with Crippen molar-refractivity contribution in [3.8, 4) is 5.75 Å². The summed E-state index contributed by atoms with van der Waals surface area (Å²) in [6.07, 6.45) is 0.964. The van der Waals surface area contributed by atoms with Gasteiger partial charge in [0.05, 0.1) is 39.0 Å². The smallest absolute Gasteiger partial charge is 0.280 e. The molecule has 1 N–H and O–H groups in total. The molecule has 1 fully saturated rings. The number of hydrogen-bond acceptors (Lipinski definition) is 3. The highest BCUT2D eigenvalue weighted by Crippen LogP contribution is 2.27. The van der Waals surface area contributed by atoms with Crippen molar-refractivity contribution in [2.24, 2.45) is 0 Å². The molecule has 0 radical (unpaired) electrons. The van der Waals surface area contributed by atoms with E-state index in [0.29, 0.717) is 0 Å². The Morgan fingerprint density at radius 1 is 1.00 bits per heavy atom. The molecule has 1 saturated heterocycles. The van der Waals surface area contributed by atoms with Crippen molar-refractivity contribution in [1.29, 1.82) is 0 Å². The first-order valence-corrected chi connectivity index (χ1v) is 10.3. The topological polar surface area (TPSA) is 37.2 Å². The van der Waals surface area contributed by atoms with Crippen molar-refractivity contribution in [1.82, 2.24) is 4.90 Å². The van der Waals surface area contributed by atoms with Crippen LogP contribution < -0.4 is 14.5 Å².